The topological polar surface area (TPSA) is 80.0 Å². The Morgan fingerprint density at radius 2 is 1.75 bits per heavy atom. The third-order valence-corrected chi connectivity index (χ3v) is 6.96. The summed E-state index contributed by atoms with van der Waals surface area (Å²) in [5, 5.41) is 9.32. The fourth-order valence-corrected chi connectivity index (χ4v) is 4.98. The monoisotopic (exact) mass is 453 g/mol. The summed E-state index contributed by atoms with van der Waals surface area (Å²) in [5.41, 5.74) is 2.16. The Morgan fingerprint density at radius 1 is 1.00 bits per heavy atom. The number of nitrogens with zero attached hydrogens (tertiary/aromatic N) is 7. The lowest BCUT2D eigenvalue weighted by Crippen LogP contribution is -2.49. The minimum Gasteiger partial charge on any atom is -0.351 e. The van der Waals surface area contributed by atoms with Crippen LogP contribution in [0.5, 0.6) is 0 Å². The number of carbonyl (C=O) groups is 1. The number of anilines is 1. The van der Waals surface area contributed by atoms with E-state index in [2.05, 4.69) is 25.2 Å². The number of fused-ring (bicyclic) bond motifs is 1. The van der Waals surface area contributed by atoms with Crippen molar-refractivity contribution < 1.29 is 4.79 Å². The highest BCUT2D eigenvalue weighted by molar-refractivity contribution is 6.30. The van der Waals surface area contributed by atoms with E-state index in [1.165, 1.54) is 32.1 Å². The summed E-state index contributed by atoms with van der Waals surface area (Å²) in [6.45, 7) is 2.88. The van der Waals surface area contributed by atoms with Crippen molar-refractivity contribution in [3.8, 4) is 5.69 Å². The molecule has 0 radical (unpaired) electrons. The lowest BCUT2D eigenvalue weighted by atomic mass is 9.86. The van der Waals surface area contributed by atoms with E-state index in [-0.39, 0.29) is 5.91 Å². The van der Waals surface area contributed by atoms with Crippen LogP contribution in [0.15, 0.2) is 30.6 Å². The highest BCUT2D eigenvalue weighted by atomic mass is 35.5. The number of amides is 1. The Morgan fingerprint density at radius 3 is 2.50 bits per heavy atom. The molecular formula is C23H28ClN7O. The first-order chi connectivity index (χ1) is 15.7. The highest BCUT2D eigenvalue weighted by Gasteiger charge is 2.25. The van der Waals surface area contributed by atoms with Crippen LogP contribution in [-0.2, 0) is 4.79 Å². The molecule has 3 aromatic rings. The lowest BCUT2D eigenvalue weighted by molar-refractivity contribution is -0.131. The van der Waals surface area contributed by atoms with Gasteiger partial charge in [-0.25, -0.2) is 9.97 Å². The van der Waals surface area contributed by atoms with E-state index in [0.717, 1.165) is 36.9 Å². The van der Waals surface area contributed by atoms with Gasteiger partial charge in [0.15, 0.2) is 17.0 Å². The first-order valence-electron chi connectivity index (χ1n) is 11.5. The molecule has 168 valence electrons. The van der Waals surface area contributed by atoms with E-state index in [1.807, 2.05) is 29.2 Å². The molecular weight excluding hydrogens is 426 g/mol. The molecule has 1 saturated heterocycles. The third kappa shape index (κ3) is 4.41. The first-order valence-corrected chi connectivity index (χ1v) is 11.9. The molecule has 1 amide bonds. The van der Waals surface area contributed by atoms with Gasteiger partial charge in [0.25, 0.3) is 0 Å². The molecule has 0 bridgehead atoms. The van der Waals surface area contributed by atoms with Crippen LogP contribution < -0.4 is 4.90 Å². The number of halogens is 1. The molecule has 2 aliphatic rings. The van der Waals surface area contributed by atoms with Crippen molar-refractivity contribution in [2.75, 3.05) is 31.1 Å². The van der Waals surface area contributed by atoms with Gasteiger partial charge in [-0.3, -0.25) is 4.79 Å². The number of benzene rings is 1. The smallest absolute Gasteiger partial charge is 0.222 e. The minimum atomic E-state index is 0.289. The third-order valence-electron chi connectivity index (χ3n) is 6.71. The SMILES string of the molecule is O=C(CCC1CCCCC1)N1CCN(c2ncnc3c2nnn3-c2ccc(Cl)cc2)CC1. The number of rotatable bonds is 5. The summed E-state index contributed by atoms with van der Waals surface area (Å²) >= 11 is 6.01. The molecule has 1 aliphatic carbocycles. The van der Waals surface area contributed by atoms with Crippen molar-refractivity contribution in [3.05, 3.63) is 35.6 Å². The average molecular weight is 454 g/mol. The van der Waals surface area contributed by atoms with E-state index >= 15 is 0 Å². The second kappa shape index (κ2) is 9.40. The van der Waals surface area contributed by atoms with Gasteiger partial charge in [0.2, 0.25) is 5.91 Å². The maximum Gasteiger partial charge on any atom is 0.222 e. The van der Waals surface area contributed by atoms with Gasteiger partial charge in [0, 0.05) is 37.6 Å². The molecule has 9 heteroatoms. The van der Waals surface area contributed by atoms with Gasteiger partial charge in [-0.1, -0.05) is 48.9 Å². The molecule has 1 aromatic carbocycles. The first kappa shape index (κ1) is 21.1. The minimum absolute atomic E-state index is 0.289. The molecule has 2 aromatic heterocycles. The summed E-state index contributed by atoms with van der Waals surface area (Å²) in [5.74, 6) is 1.80. The van der Waals surface area contributed by atoms with Crippen LogP contribution in [-0.4, -0.2) is 61.9 Å². The van der Waals surface area contributed by atoms with Crippen molar-refractivity contribution in [1.82, 2.24) is 29.9 Å². The number of hydrogen-bond acceptors (Lipinski definition) is 6. The van der Waals surface area contributed by atoms with Gasteiger partial charge >= 0.3 is 0 Å². The molecule has 1 saturated carbocycles. The fourth-order valence-electron chi connectivity index (χ4n) is 4.85. The van der Waals surface area contributed by atoms with Gasteiger partial charge < -0.3 is 9.80 Å². The summed E-state index contributed by atoms with van der Waals surface area (Å²) in [7, 11) is 0. The van der Waals surface area contributed by atoms with E-state index in [1.54, 1.807) is 11.0 Å². The molecule has 2 fully saturated rings. The highest BCUT2D eigenvalue weighted by Crippen LogP contribution is 2.28. The van der Waals surface area contributed by atoms with Crippen LogP contribution in [0.4, 0.5) is 5.82 Å². The second-order valence-electron chi connectivity index (χ2n) is 8.76. The quantitative estimate of drug-likeness (QED) is 0.583. The Hall–Kier alpha value is -2.74. The van der Waals surface area contributed by atoms with Crippen LogP contribution in [0.3, 0.4) is 0 Å². The summed E-state index contributed by atoms with van der Waals surface area (Å²) in [6.07, 6.45) is 9.87. The molecule has 1 aliphatic heterocycles. The fraction of sp³-hybridized carbons (Fsp3) is 0.522. The molecule has 3 heterocycles. The zero-order chi connectivity index (χ0) is 21.9. The van der Waals surface area contributed by atoms with Crippen molar-refractivity contribution in [2.45, 2.75) is 44.9 Å². The summed E-state index contributed by atoms with van der Waals surface area (Å²) in [4.78, 5) is 25.8. The van der Waals surface area contributed by atoms with Crippen LogP contribution >= 0.6 is 11.6 Å². The second-order valence-corrected chi connectivity index (χ2v) is 9.19. The normalized spacial score (nSPS) is 17.8. The molecule has 0 unspecified atom stereocenters. The lowest BCUT2D eigenvalue weighted by Gasteiger charge is -2.35. The number of aromatic nitrogens is 5. The van der Waals surface area contributed by atoms with Gasteiger partial charge in [-0.05, 0) is 36.6 Å². The Balaban J connectivity index is 1.24. The van der Waals surface area contributed by atoms with Crippen LogP contribution in [0.2, 0.25) is 5.02 Å². The van der Waals surface area contributed by atoms with E-state index < -0.39 is 0 Å². The standard InChI is InChI=1S/C23H28ClN7O/c24-18-7-9-19(10-8-18)31-23-21(27-28-31)22(25-16-26-23)30-14-12-29(13-15-30)20(32)11-6-17-4-2-1-3-5-17/h7-10,16-17H,1-6,11-15H2. The Kier molecular flexibility index (Phi) is 6.21. The van der Waals surface area contributed by atoms with E-state index in [0.29, 0.717) is 35.7 Å². The largest absolute Gasteiger partial charge is 0.351 e. The van der Waals surface area contributed by atoms with Crippen LogP contribution in [0, 0.1) is 5.92 Å². The molecule has 0 atom stereocenters. The predicted molar refractivity (Wildman–Crippen MR) is 124 cm³/mol. The predicted octanol–water partition coefficient (Wildman–Crippen LogP) is 3.87. The summed E-state index contributed by atoms with van der Waals surface area (Å²) in [6, 6.07) is 7.40. The van der Waals surface area contributed by atoms with Gasteiger partial charge in [-0.15, -0.1) is 5.10 Å². The van der Waals surface area contributed by atoms with Crippen LogP contribution in [0.1, 0.15) is 44.9 Å². The number of hydrogen-bond donors (Lipinski definition) is 0. The van der Waals surface area contributed by atoms with Crippen molar-refractivity contribution in [1.29, 1.82) is 0 Å². The number of piperazine rings is 1. The van der Waals surface area contributed by atoms with Gasteiger partial charge in [0.1, 0.15) is 6.33 Å². The maximum absolute atomic E-state index is 12.7. The number of carbonyl (C=O) groups excluding carboxylic acids is 1. The molecule has 5 rings (SSSR count). The van der Waals surface area contributed by atoms with Crippen LogP contribution in [0.25, 0.3) is 16.9 Å². The Bertz CT molecular complexity index is 1070. The van der Waals surface area contributed by atoms with E-state index in [9.17, 15) is 4.79 Å². The molecule has 32 heavy (non-hydrogen) atoms. The average Bonchev–Trinajstić information content (AvgIpc) is 3.28. The van der Waals surface area contributed by atoms with Crippen molar-refractivity contribution >= 4 is 34.5 Å². The van der Waals surface area contributed by atoms with Crippen molar-refractivity contribution in [3.63, 3.8) is 0 Å². The molecule has 0 N–H and O–H groups in total. The zero-order valence-electron chi connectivity index (χ0n) is 18.2. The van der Waals surface area contributed by atoms with Crippen molar-refractivity contribution in [2.24, 2.45) is 5.92 Å². The van der Waals surface area contributed by atoms with E-state index in [4.69, 9.17) is 11.6 Å². The maximum atomic E-state index is 12.7. The van der Waals surface area contributed by atoms with Gasteiger partial charge in [0.05, 0.1) is 5.69 Å². The summed E-state index contributed by atoms with van der Waals surface area (Å²) < 4.78 is 1.70. The zero-order valence-corrected chi connectivity index (χ0v) is 18.9. The molecule has 8 nitrogen and oxygen atoms in total. The van der Waals surface area contributed by atoms with Gasteiger partial charge in [-0.2, -0.15) is 4.68 Å². The molecule has 0 spiro atoms. The Labute approximate surface area is 192 Å².